The summed E-state index contributed by atoms with van der Waals surface area (Å²) in [5.74, 6) is -6.97. The van der Waals surface area contributed by atoms with Gasteiger partial charge in [0.05, 0.1) is 84.9 Å². The summed E-state index contributed by atoms with van der Waals surface area (Å²) in [7, 11) is -38.9. The molecule has 1 amide bonds. The Kier molecular flexibility index (Phi) is 21.2. The van der Waals surface area contributed by atoms with Crippen LogP contribution in [0.1, 0.15) is 0 Å². The monoisotopic (exact) mass is 1520 g/mol. The number of aliphatic carboxylic acids is 1. The van der Waals surface area contributed by atoms with Crippen molar-refractivity contribution >= 4 is 185 Å². The maximum atomic E-state index is 13.6. The SMILES string of the molecule is Nc1cc(Nc2nc(Nc3ccc(S(=O)(=O)O)c(N/N=C4\C(=O)N(c5ccc(S(=O)(=O)O)cc5)N=C4C(=O)O)c3)nc(Nc3cc(N)c(S(=O)(=O)O)cc3/N=N/c3ccc(S(=O)(=O)CCOS(=O)(=O)O)cc3)n2)c(/N=N/c2ccc(S(=O)(=O)CCOS(=O)(=O)O)cc2)cc1S(=O)(=O)O. The van der Waals surface area contributed by atoms with Gasteiger partial charge in [-0.1, -0.05) is 0 Å². The number of benzene rings is 6. The van der Waals surface area contributed by atoms with E-state index >= 15 is 0 Å². The summed E-state index contributed by atoms with van der Waals surface area (Å²) in [4.78, 5) is 34.5. The molecule has 1 aromatic heterocycles. The molecule has 1 aliphatic heterocycles. The molecular formula is C47H42N16O27S8. The van der Waals surface area contributed by atoms with Gasteiger partial charge in [-0.05, 0) is 115 Å². The molecule has 0 bridgehead atoms. The van der Waals surface area contributed by atoms with Gasteiger partial charge in [0.25, 0.3) is 40.5 Å². The van der Waals surface area contributed by atoms with E-state index in [9.17, 15) is 100 Å². The molecule has 0 aliphatic carbocycles. The van der Waals surface area contributed by atoms with Crippen molar-refractivity contribution in [2.24, 2.45) is 30.7 Å². The molecule has 1 aliphatic rings. The summed E-state index contributed by atoms with van der Waals surface area (Å²) in [5.41, 5.74) is 7.47. The van der Waals surface area contributed by atoms with Gasteiger partial charge in [-0.2, -0.15) is 90.9 Å². The lowest BCUT2D eigenvalue weighted by Gasteiger charge is -2.15. The van der Waals surface area contributed by atoms with Crippen LogP contribution < -0.4 is 37.9 Å². The van der Waals surface area contributed by atoms with Crippen molar-refractivity contribution in [3.05, 3.63) is 115 Å². The average molecular weight is 1520 g/mol. The maximum Gasteiger partial charge on any atom is 0.397 e. The topological polar surface area (TPSA) is 684 Å². The highest BCUT2D eigenvalue weighted by atomic mass is 32.3. The van der Waals surface area contributed by atoms with Crippen molar-refractivity contribution in [3.63, 3.8) is 0 Å². The van der Waals surface area contributed by atoms with Crippen LogP contribution >= 0.6 is 0 Å². The summed E-state index contributed by atoms with van der Waals surface area (Å²) in [6, 6.07) is 17.6. The maximum absolute atomic E-state index is 13.6. The van der Waals surface area contributed by atoms with Gasteiger partial charge < -0.3 is 32.5 Å². The van der Waals surface area contributed by atoms with Gasteiger partial charge in [0.1, 0.15) is 26.1 Å². The second-order valence-electron chi connectivity index (χ2n) is 19.1. The third kappa shape index (κ3) is 19.1. The van der Waals surface area contributed by atoms with Crippen LogP contribution in [0.25, 0.3) is 0 Å². The zero-order chi connectivity index (χ0) is 72.3. The minimum absolute atomic E-state index is 0.148. The lowest BCUT2D eigenvalue weighted by molar-refractivity contribution is -0.129. The molecule has 6 aromatic carbocycles. The van der Waals surface area contributed by atoms with Crippen LogP contribution in [0.4, 0.5) is 80.4 Å². The van der Waals surface area contributed by atoms with E-state index in [1.54, 1.807) is 0 Å². The summed E-state index contributed by atoms with van der Waals surface area (Å²) in [5, 5.41) is 41.9. The first-order valence-corrected chi connectivity index (χ1v) is 37.4. The Morgan fingerprint density at radius 3 is 1.28 bits per heavy atom. The number of nitrogen functional groups attached to an aromatic ring is 2. The first kappa shape index (κ1) is 73.7. The normalized spacial score (nSPS) is 14.1. The summed E-state index contributed by atoms with van der Waals surface area (Å²) < 4.78 is 260. The van der Waals surface area contributed by atoms with Crippen molar-refractivity contribution in [1.29, 1.82) is 0 Å². The van der Waals surface area contributed by atoms with E-state index < -0.39 is 205 Å². The number of carbonyl (C=O) groups is 2. The standard InChI is InChI=1S/C47H42N16O27S8/c48-31-20-33(35(22-39(31)95(77,78)79)58-56-24-1-8-28(9-2-24)91(67,68)17-15-89-97(83,84)85)51-46-53-45(50-26-5-14-38(94(74,75)76)37(19-26)60-61-41-42(44(65)66)62-63(43(41)64)27-6-12-30(13-7-27)93(71,72)73)54-47(55-46)52-34-21-32(49)40(96(80,81)82)23-36(34)59-57-25-3-10-29(11-4-25)92(69,70)18-16-90-98(86,87)88/h1-14,19-23,60H,15-18,48-49H2,(H,65,66)(H,71,72,73)(H,74,75,76)(H,77,78,79)(H,80,81,82)(H,83,84,85)(H,86,87,88)(H3,50,51,52,53,54,55)/b58-56+,59-57+,61-41-. The van der Waals surface area contributed by atoms with Crippen molar-refractivity contribution in [3.8, 4) is 0 Å². The van der Waals surface area contributed by atoms with Crippen molar-refractivity contribution in [1.82, 2.24) is 15.0 Å². The van der Waals surface area contributed by atoms with Gasteiger partial charge in [0.2, 0.25) is 23.6 Å². The molecule has 0 atom stereocenters. The largest absolute Gasteiger partial charge is 0.476 e. The first-order valence-electron chi connectivity index (χ1n) is 25.6. The van der Waals surface area contributed by atoms with Crippen LogP contribution in [-0.4, -0.2) is 163 Å². The molecule has 43 nitrogen and oxygen atoms in total. The first-order chi connectivity index (χ1) is 45.3. The Labute approximate surface area is 551 Å². The fraction of sp³-hybridized carbons (Fsp3) is 0.0851. The predicted octanol–water partition coefficient (Wildman–Crippen LogP) is 3.53. The van der Waals surface area contributed by atoms with Crippen molar-refractivity contribution in [2.45, 2.75) is 29.4 Å². The third-order valence-corrected chi connectivity index (χ3v) is 20.2. The molecule has 520 valence electrons. The Morgan fingerprint density at radius 1 is 0.480 bits per heavy atom. The van der Waals surface area contributed by atoms with Gasteiger partial charge in [-0.25, -0.2) is 30.0 Å². The van der Waals surface area contributed by atoms with Crippen molar-refractivity contribution in [2.75, 3.05) is 62.6 Å². The van der Waals surface area contributed by atoms with E-state index in [2.05, 4.69) is 75.4 Å². The van der Waals surface area contributed by atoms with E-state index in [-0.39, 0.29) is 34.1 Å². The fourth-order valence-corrected chi connectivity index (χ4v) is 13.2. The number of nitrogens with zero attached hydrogens (tertiary/aromatic N) is 10. The molecule has 0 saturated heterocycles. The second-order valence-corrected chi connectivity index (χ2v) is 31.1. The number of nitrogens with two attached hydrogens (primary N) is 2. The number of carboxylic acids is 1. The Morgan fingerprint density at radius 2 is 0.888 bits per heavy atom. The molecule has 0 fully saturated rings. The summed E-state index contributed by atoms with van der Waals surface area (Å²) in [6.45, 7) is -1.94. The number of anilines is 10. The number of carbonyl (C=O) groups excluding carboxylic acids is 1. The third-order valence-electron chi connectivity index (χ3n) is 12.2. The Bertz CT molecular complexity index is 5280. The van der Waals surface area contributed by atoms with Gasteiger partial charge in [-0.15, -0.1) is 10.2 Å². The number of hydrogen-bond donors (Lipinski definition) is 13. The molecule has 8 rings (SSSR count). The summed E-state index contributed by atoms with van der Waals surface area (Å²) >= 11 is 0. The van der Waals surface area contributed by atoms with Crippen molar-refractivity contribution < 1.29 is 118 Å². The summed E-state index contributed by atoms with van der Waals surface area (Å²) in [6.07, 6.45) is 0. The lowest BCUT2D eigenvalue weighted by Crippen LogP contribution is -2.31. The van der Waals surface area contributed by atoms with Crippen LogP contribution in [0.2, 0.25) is 0 Å². The molecule has 98 heavy (non-hydrogen) atoms. The number of hydrazone groups is 2. The number of aromatic nitrogens is 3. The molecule has 0 saturated carbocycles. The van der Waals surface area contributed by atoms with Gasteiger partial charge >= 0.3 is 32.7 Å². The number of azo groups is 2. The molecule has 0 spiro atoms. The Hall–Kier alpha value is -10.1. The number of carboxylic acid groups (broad SMARTS) is 1. The number of rotatable bonds is 28. The molecule has 2 heterocycles. The van der Waals surface area contributed by atoms with Crippen LogP contribution in [0, 0.1) is 0 Å². The second kappa shape index (κ2) is 28.2. The smallest absolute Gasteiger partial charge is 0.397 e. The lowest BCUT2D eigenvalue weighted by atomic mass is 10.2. The highest BCUT2D eigenvalue weighted by Gasteiger charge is 2.38. The predicted molar refractivity (Wildman–Crippen MR) is 337 cm³/mol. The van der Waals surface area contributed by atoms with E-state index in [0.717, 1.165) is 103 Å². The highest BCUT2D eigenvalue weighted by Crippen LogP contribution is 2.39. The molecule has 0 unspecified atom stereocenters. The molecule has 7 aromatic rings. The zero-order valence-corrected chi connectivity index (χ0v) is 54.5. The minimum atomic E-state index is -5.28. The number of sulfone groups is 2. The van der Waals surface area contributed by atoms with Gasteiger partial charge in [-0.3, -0.25) is 37.5 Å². The molecule has 0 radical (unpaired) electrons. The quantitative estimate of drug-likeness (QED) is 0.0144. The van der Waals surface area contributed by atoms with E-state index in [1.165, 1.54) is 0 Å². The molecule has 15 N–H and O–H groups in total. The fourth-order valence-electron chi connectivity index (χ4n) is 7.90. The number of hydrogen-bond acceptors (Lipinski definition) is 35. The average Bonchev–Trinajstić information content (AvgIpc) is 1.01. The van der Waals surface area contributed by atoms with Gasteiger partial charge in [0.15, 0.2) is 25.4 Å². The zero-order valence-electron chi connectivity index (χ0n) is 48.0. The van der Waals surface area contributed by atoms with Crippen LogP contribution in [-0.2, 0) is 98.9 Å². The Balaban J connectivity index is 1.22. The van der Waals surface area contributed by atoms with E-state index in [0.29, 0.717) is 17.1 Å². The number of amides is 1. The van der Waals surface area contributed by atoms with Crippen LogP contribution in [0.5, 0.6) is 0 Å². The van der Waals surface area contributed by atoms with E-state index in [4.69, 9.17) is 20.6 Å². The van der Waals surface area contributed by atoms with Crippen LogP contribution in [0.3, 0.4) is 0 Å². The van der Waals surface area contributed by atoms with E-state index in [1.807, 2.05) is 0 Å². The number of nitrogens with one attached hydrogen (secondary N) is 4. The minimum Gasteiger partial charge on any atom is -0.476 e. The molecular weight excluding hydrogens is 1480 g/mol. The van der Waals surface area contributed by atoms with Crippen LogP contribution in [0.15, 0.2) is 175 Å². The van der Waals surface area contributed by atoms with Gasteiger partial charge in [0, 0.05) is 5.69 Å². The molecule has 51 heteroatoms. The highest BCUT2D eigenvalue weighted by molar-refractivity contribution is 7.92.